The van der Waals surface area contributed by atoms with Gasteiger partial charge in [0.25, 0.3) is 5.56 Å². The number of hydrogen-bond donors (Lipinski definition) is 1. The molecule has 2 aromatic carbocycles. The van der Waals surface area contributed by atoms with Crippen molar-refractivity contribution in [2.75, 3.05) is 5.32 Å². The van der Waals surface area contributed by atoms with Crippen molar-refractivity contribution in [1.29, 1.82) is 0 Å². The van der Waals surface area contributed by atoms with Crippen LogP contribution in [0.5, 0.6) is 0 Å². The van der Waals surface area contributed by atoms with Gasteiger partial charge < -0.3 is 5.32 Å². The molecule has 0 spiro atoms. The lowest BCUT2D eigenvalue weighted by atomic mass is 10.1. The minimum atomic E-state index is -4.62. The number of carbonyl (C=O) groups is 1. The Bertz CT molecular complexity index is 1280. The van der Waals surface area contributed by atoms with E-state index in [1.54, 1.807) is 6.07 Å². The van der Waals surface area contributed by atoms with Gasteiger partial charge in [-0.1, -0.05) is 47.7 Å². The molecule has 0 radical (unpaired) electrons. The minimum absolute atomic E-state index is 0.289. The van der Waals surface area contributed by atoms with E-state index in [0.29, 0.717) is 4.83 Å². The number of hydrogen-bond acceptors (Lipinski definition) is 5. The summed E-state index contributed by atoms with van der Waals surface area (Å²) in [6.07, 6.45) is -4.62. The van der Waals surface area contributed by atoms with Crippen LogP contribution in [0.3, 0.4) is 0 Å². The number of nitrogens with zero attached hydrogens (tertiary/aromatic N) is 3. The Morgan fingerprint density at radius 3 is 2.50 bits per heavy atom. The topological polar surface area (TPSA) is 76.9 Å². The summed E-state index contributed by atoms with van der Waals surface area (Å²) in [5.41, 5.74) is -0.998. The Balaban J connectivity index is 1.60. The molecule has 10 heteroatoms. The van der Waals surface area contributed by atoms with Crippen LogP contribution in [0.25, 0.3) is 20.7 Å². The Morgan fingerprint density at radius 1 is 1.07 bits per heavy atom. The van der Waals surface area contributed by atoms with Crippen molar-refractivity contribution in [3.63, 3.8) is 0 Å². The van der Waals surface area contributed by atoms with Gasteiger partial charge in [0.05, 0.1) is 16.6 Å². The zero-order valence-corrected chi connectivity index (χ0v) is 16.0. The largest absolute Gasteiger partial charge is 0.418 e. The lowest BCUT2D eigenvalue weighted by molar-refractivity contribution is -0.137. The summed E-state index contributed by atoms with van der Waals surface area (Å²) in [5.74, 6) is -0.819. The summed E-state index contributed by atoms with van der Waals surface area (Å²) in [7, 11) is 0. The molecule has 0 aliphatic heterocycles. The highest BCUT2D eigenvalue weighted by Crippen LogP contribution is 2.34. The Labute approximate surface area is 171 Å². The number of rotatable bonds is 4. The standard InChI is InChI=1S/C20H13F3N4O2S/c21-20(22,23)14-8-4-5-9-15(14)24-17(28)11-27-19(29)13-10-16(30-18(13)25-26-27)12-6-2-1-3-7-12/h1-10H,11H2,(H,24,28). The molecule has 0 aliphatic carbocycles. The van der Waals surface area contributed by atoms with E-state index in [2.05, 4.69) is 15.6 Å². The summed E-state index contributed by atoms with van der Waals surface area (Å²) in [5, 5.41) is 10.2. The quantitative estimate of drug-likeness (QED) is 0.527. The molecule has 0 unspecified atom stereocenters. The van der Waals surface area contributed by atoms with Gasteiger partial charge in [-0.05, 0) is 23.8 Å². The molecule has 2 heterocycles. The normalized spacial score (nSPS) is 11.6. The first kappa shape index (κ1) is 19.8. The number of benzene rings is 2. The van der Waals surface area contributed by atoms with E-state index in [9.17, 15) is 22.8 Å². The molecule has 0 fully saturated rings. The van der Waals surface area contributed by atoms with Crippen LogP contribution in [-0.4, -0.2) is 20.9 Å². The molecule has 6 nitrogen and oxygen atoms in total. The monoisotopic (exact) mass is 430 g/mol. The van der Waals surface area contributed by atoms with E-state index in [-0.39, 0.29) is 11.1 Å². The van der Waals surface area contributed by atoms with Crippen molar-refractivity contribution in [3.05, 3.63) is 76.6 Å². The third-order valence-corrected chi connectivity index (χ3v) is 5.35. The van der Waals surface area contributed by atoms with Crippen molar-refractivity contribution in [2.45, 2.75) is 12.7 Å². The van der Waals surface area contributed by atoms with Gasteiger partial charge in [0.2, 0.25) is 5.91 Å². The molecule has 0 atom stereocenters. The van der Waals surface area contributed by atoms with E-state index in [1.165, 1.54) is 23.5 Å². The molecule has 1 N–H and O–H groups in total. The second-order valence-electron chi connectivity index (χ2n) is 6.34. The van der Waals surface area contributed by atoms with Crippen LogP contribution in [-0.2, 0) is 17.5 Å². The lowest BCUT2D eigenvalue weighted by Crippen LogP contribution is -2.30. The molecule has 152 valence electrons. The van der Waals surface area contributed by atoms with E-state index in [1.807, 2.05) is 30.3 Å². The van der Waals surface area contributed by atoms with Crippen LogP contribution in [0.4, 0.5) is 18.9 Å². The van der Waals surface area contributed by atoms with Crippen molar-refractivity contribution in [1.82, 2.24) is 15.0 Å². The maximum absolute atomic E-state index is 13.1. The molecule has 2 aromatic heterocycles. The Hall–Kier alpha value is -3.53. The summed E-state index contributed by atoms with van der Waals surface area (Å²) < 4.78 is 40.1. The van der Waals surface area contributed by atoms with Crippen LogP contribution in [0.2, 0.25) is 0 Å². The fraction of sp³-hybridized carbons (Fsp3) is 0.100. The summed E-state index contributed by atoms with van der Waals surface area (Å²) >= 11 is 1.29. The SMILES string of the molecule is O=C(Cn1nnc2sc(-c3ccccc3)cc2c1=O)Nc1ccccc1C(F)(F)F. The van der Waals surface area contributed by atoms with Crippen molar-refractivity contribution < 1.29 is 18.0 Å². The van der Waals surface area contributed by atoms with Crippen LogP contribution < -0.4 is 10.9 Å². The highest BCUT2D eigenvalue weighted by molar-refractivity contribution is 7.21. The van der Waals surface area contributed by atoms with E-state index in [4.69, 9.17) is 0 Å². The molecule has 0 aliphatic rings. The fourth-order valence-electron chi connectivity index (χ4n) is 2.90. The van der Waals surface area contributed by atoms with Gasteiger partial charge >= 0.3 is 6.18 Å². The first-order valence-corrected chi connectivity index (χ1v) is 9.53. The van der Waals surface area contributed by atoms with Crippen LogP contribution in [0.15, 0.2) is 65.5 Å². The number of aromatic nitrogens is 3. The van der Waals surface area contributed by atoms with Gasteiger partial charge in [0.15, 0.2) is 4.83 Å². The average molecular weight is 430 g/mol. The molecule has 4 rings (SSSR count). The van der Waals surface area contributed by atoms with Gasteiger partial charge in [-0.25, -0.2) is 4.68 Å². The summed E-state index contributed by atoms with van der Waals surface area (Å²) in [6, 6.07) is 15.7. The van der Waals surface area contributed by atoms with E-state index >= 15 is 0 Å². The van der Waals surface area contributed by atoms with Gasteiger partial charge in [0.1, 0.15) is 6.54 Å². The third kappa shape index (κ3) is 3.94. The fourth-order valence-corrected chi connectivity index (χ4v) is 3.87. The van der Waals surface area contributed by atoms with Crippen LogP contribution >= 0.6 is 11.3 Å². The molecular weight excluding hydrogens is 417 g/mol. The zero-order chi connectivity index (χ0) is 21.3. The number of carbonyl (C=O) groups excluding carboxylic acids is 1. The first-order valence-electron chi connectivity index (χ1n) is 8.72. The molecule has 30 heavy (non-hydrogen) atoms. The molecular formula is C20H13F3N4O2S. The average Bonchev–Trinajstić information content (AvgIpc) is 3.16. The highest BCUT2D eigenvalue weighted by Gasteiger charge is 2.33. The zero-order valence-electron chi connectivity index (χ0n) is 15.2. The van der Waals surface area contributed by atoms with Gasteiger partial charge in [-0.2, -0.15) is 13.2 Å². The number of nitrogens with one attached hydrogen (secondary N) is 1. The number of alkyl halides is 3. The minimum Gasteiger partial charge on any atom is -0.324 e. The summed E-state index contributed by atoms with van der Waals surface area (Å²) in [6.45, 7) is -0.565. The van der Waals surface area contributed by atoms with Gasteiger partial charge in [0, 0.05) is 4.88 Å². The van der Waals surface area contributed by atoms with Crippen molar-refractivity contribution in [2.24, 2.45) is 0 Å². The second kappa shape index (κ2) is 7.71. The third-order valence-electron chi connectivity index (χ3n) is 4.28. The molecule has 0 saturated carbocycles. The maximum atomic E-state index is 13.1. The van der Waals surface area contributed by atoms with Gasteiger partial charge in [-0.15, -0.1) is 16.4 Å². The summed E-state index contributed by atoms with van der Waals surface area (Å²) in [4.78, 5) is 26.2. The predicted molar refractivity (Wildman–Crippen MR) is 107 cm³/mol. The van der Waals surface area contributed by atoms with Crippen LogP contribution in [0.1, 0.15) is 5.56 Å². The van der Waals surface area contributed by atoms with E-state index < -0.39 is 29.8 Å². The van der Waals surface area contributed by atoms with Crippen molar-refractivity contribution in [3.8, 4) is 10.4 Å². The maximum Gasteiger partial charge on any atom is 0.418 e. The van der Waals surface area contributed by atoms with Crippen LogP contribution in [0, 0.1) is 0 Å². The Morgan fingerprint density at radius 2 is 1.77 bits per heavy atom. The smallest absolute Gasteiger partial charge is 0.324 e. The van der Waals surface area contributed by atoms with Gasteiger partial charge in [-0.3, -0.25) is 9.59 Å². The molecule has 1 amide bonds. The lowest BCUT2D eigenvalue weighted by Gasteiger charge is -2.13. The number of thiophene rings is 1. The molecule has 4 aromatic rings. The second-order valence-corrected chi connectivity index (χ2v) is 7.37. The Kier molecular flexibility index (Phi) is 5.08. The highest BCUT2D eigenvalue weighted by atomic mass is 32.1. The van der Waals surface area contributed by atoms with Crippen molar-refractivity contribution >= 4 is 33.1 Å². The number of halogens is 3. The first-order chi connectivity index (χ1) is 14.3. The molecule has 0 saturated heterocycles. The number of anilines is 1. The number of amides is 1. The van der Waals surface area contributed by atoms with E-state index in [0.717, 1.165) is 27.3 Å². The number of para-hydroxylation sites is 1. The molecule has 0 bridgehead atoms. The number of fused-ring (bicyclic) bond motifs is 1. The predicted octanol–water partition coefficient (Wildman–Crippen LogP) is 4.18.